The highest BCUT2D eigenvalue weighted by Gasteiger charge is 2.20. The molecule has 2 aromatic rings. The summed E-state index contributed by atoms with van der Waals surface area (Å²) in [7, 11) is 0. The number of amides is 1. The van der Waals surface area contributed by atoms with Crippen LogP contribution in [0.1, 0.15) is 38.1 Å². The maximum absolute atomic E-state index is 12.4. The van der Waals surface area contributed by atoms with Crippen LogP contribution >= 0.6 is 0 Å². The van der Waals surface area contributed by atoms with Gasteiger partial charge in [0, 0.05) is 0 Å². The lowest BCUT2D eigenvalue weighted by atomic mass is 10.2. The quantitative estimate of drug-likeness (QED) is 0.651. The highest BCUT2D eigenvalue weighted by atomic mass is 16.5. The molecule has 2 rings (SSSR count). The standard InChI is InChI=1S/C22H27NO5/c1-5-26-20-9-7-6-8-19(20)23-21(24)16(4)28-22(25)17-10-12-18(13-11-17)27-14-15(2)3/h6-13,15-16H,5,14H2,1-4H3,(H,23,24)/t16-/m1/s1. The summed E-state index contributed by atoms with van der Waals surface area (Å²) in [5.74, 6) is 0.655. The summed E-state index contributed by atoms with van der Waals surface area (Å²) in [5.41, 5.74) is 0.884. The van der Waals surface area contributed by atoms with Crippen LogP contribution in [-0.2, 0) is 9.53 Å². The third-order valence-corrected chi connectivity index (χ3v) is 3.77. The molecule has 150 valence electrons. The number of carbonyl (C=O) groups is 2. The van der Waals surface area contributed by atoms with Crippen molar-refractivity contribution in [2.45, 2.75) is 33.8 Å². The van der Waals surface area contributed by atoms with Gasteiger partial charge < -0.3 is 19.5 Å². The summed E-state index contributed by atoms with van der Waals surface area (Å²) in [5, 5.41) is 2.73. The van der Waals surface area contributed by atoms with Gasteiger partial charge in [-0.15, -0.1) is 0 Å². The molecule has 0 aromatic heterocycles. The van der Waals surface area contributed by atoms with Gasteiger partial charge in [-0.25, -0.2) is 4.79 Å². The normalized spacial score (nSPS) is 11.6. The Morgan fingerprint density at radius 2 is 1.64 bits per heavy atom. The molecular formula is C22H27NO5. The van der Waals surface area contributed by atoms with Crippen molar-refractivity contribution in [3.8, 4) is 11.5 Å². The Morgan fingerprint density at radius 3 is 2.29 bits per heavy atom. The van der Waals surface area contributed by atoms with Crippen LogP contribution in [0.4, 0.5) is 5.69 Å². The van der Waals surface area contributed by atoms with Crippen molar-refractivity contribution in [2.24, 2.45) is 5.92 Å². The van der Waals surface area contributed by atoms with Crippen LogP contribution < -0.4 is 14.8 Å². The van der Waals surface area contributed by atoms with E-state index in [2.05, 4.69) is 19.2 Å². The zero-order chi connectivity index (χ0) is 20.5. The van der Waals surface area contributed by atoms with E-state index in [1.807, 2.05) is 13.0 Å². The average molecular weight is 385 g/mol. The Morgan fingerprint density at radius 1 is 0.964 bits per heavy atom. The minimum absolute atomic E-state index is 0.353. The Labute approximate surface area is 165 Å². The first-order chi connectivity index (χ1) is 13.4. The molecule has 0 spiro atoms. The van der Waals surface area contributed by atoms with E-state index in [-0.39, 0.29) is 0 Å². The molecular weight excluding hydrogens is 358 g/mol. The van der Waals surface area contributed by atoms with E-state index in [9.17, 15) is 9.59 Å². The number of esters is 1. The monoisotopic (exact) mass is 385 g/mol. The lowest BCUT2D eigenvalue weighted by Gasteiger charge is -2.16. The molecule has 0 radical (unpaired) electrons. The van der Waals surface area contributed by atoms with Gasteiger partial charge in [0.05, 0.1) is 24.5 Å². The summed E-state index contributed by atoms with van der Waals surface area (Å²) >= 11 is 0. The molecule has 28 heavy (non-hydrogen) atoms. The van der Waals surface area contributed by atoms with E-state index in [1.54, 1.807) is 42.5 Å². The fourth-order valence-corrected chi connectivity index (χ4v) is 2.32. The number of carbonyl (C=O) groups excluding carboxylic acids is 2. The fraction of sp³-hybridized carbons (Fsp3) is 0.364. The summed E-state index contributed by atoms with van der Waals surface area (Å²) < 4.78 is 16.3. The van der Waals surface area contributed by atoms with Crippen molar-refractivity contribution < 1.29 is 23.8 Å². The summed E-state index contributed by atoms with van der Waals surface area (Å²) in [4.78, 5) is 24.7. The van der Waals surface area contributed by atoms with E-state index in [1.165, 1.54) is 6.92 Å². The smallest absolute Gasteiger partial charge is 0.338 e. The van der Waals surface area contributed by atoms with Gasteiger partial charge in [-0.1, -0.05) is 26.0 Å². The van der Waals surface area contributed by atoms with Crippen LogP contribution in [0, 0.1) is 5.92 Å². The van der Waals surface area contributed by atoms with Crippen LogP contribution in [0.25, 0.3) is 0 Å². The molecule has 6 nitrogen and oxygen atoms in total. The van der Waals surface area contributed by atoms with Crippen LogP contribution in [0.3, 0.4) is 0 Å². The lowest BCUT2D eigenvalue weighted by Crippen LogP contribution is -2.30. The molecule has 0 aliphatic rings. The van der Waals surface area contributed by atoms with Gasteiger partial charge in [-0.3, -0.25) is 4.79 Å². The Bertz CT molecular complexity index is 786. The maximum atomic E-state index is 12.4. The van der Waals surface area contributed by atoms with Crippen molar-refractivity contribution in [3.05, 3.63) is 54.1 Å². The van der Waals surface area contributed by atoms with Crippen molar-refractivity contribution in [3.63, 3.8) is 0 Å². The molecule has 0 aliphatic heterocycles. The van der Waals surface area contributed by atoms with Gasteiger partial charge in [-0.2, -0.15) is 0 Å². The van der Waals surface area contributed by atoms with Crippen LogP contribution in [0.15, 0.2) is 48.5 Å². The number of para-hydroxylation sites is 2. The Kier molecular flexibility index (Phi) is 7.87. The second-order valence-electron chi connectivity index (χ2n) is 6.70. The minimum atomic E-state index is -0.959. The molecule has 0 unspecified atom stereocenters. The minimum Gasteiger partial charge on any atom is -0.493 e. The largest absolute Gasteiger partial charge is 0.493 e. The van der Waals surface area contributed by atoms with Gasteiger partial charge in [0.1, 0.15) is 11.5 Å². The van der Waals surface area contributed by atoms with Crippen molar-refractivity contribution in [1.29, 1.82) is 0 Å². The number of hydrogen-bond donors (Lipinski definition) is 1. The van der Waals surface area contributed by atoms with Crippen molar-refractivity contribution >= 4 is 17.6 Å². The zero-order valence-electron chi connectivity index (χ0n) is 16.7. The van der Waals surface area contributed by atoms with E-state index in [4.69, 9.17) is 14.2 Å². The second-order valence-corrected chi connectivity index (χ2v) is 6.70. The van der Waals surface area contributed by atoms with Gasteiger partial charge in [-0.05, 0) is 56.2 Å². The van der Waals surface area contributed by atoms with Crippen molar-refractivity contribution in [1.82, 2.24) is 0 Å². The second kappa shape index (κ2) is 10.3. The molecule has 0 saturated heterocycles. The molecule has 1 atom stereocenters. The van der Waals surface area contributed by atoms with Crippen molar-refractivity contribution in [2.75, 3.05) is 18.5 Å². The fourth-order valence-electron chi connectivity index (χ4n) is 2.32. The molecule has 1 N–H and O–H groups in total. The first-order valence-electron chi connectivity index (χ1n) is 9.37. The summed E-state index contributed by atoms with van der Waals surface area (Å²) in [6.45, 7) is 8.59. The van der Waals surface area contributed by atoms with Gasteiger partial charge >= 0.3 is 5.97 Å². The Hall–Kier alpha value is -3.02. The first kappa shape index (κ1) is 21.3. The Balaban J connectivity index is 1.93. The van der Waals surface area contributed by atoms with E-state index >= 15 is 0 Å². The number of hydrogen-bond acceptors (Lipinski definition) is 5. The van der Waals surface area contributed by atoms with E-state index < -0.39 is 18.0 Å². The van der Waals surface area contributed by atoms with Gasteiger partial charge in [0.15, 0.2) is 6.10 Å². The highest BCUT2D eigenvalue weighted by Crippen LogP contribution is 2.24. The van der Waals surface area contributed by atoms with E-state index in [0.717, 1.165) is 0 Å². The maximum Gasteiger partial charge on any atom is 0.338 e. The number of ether oxygens (including phenoxy) is 3. The zero-order valence-corrected chi connectivity index (χ0v) is 16.7. The summed E-state index contributed by atoms with van der Waals surface area (Å²) in [6, 6.07) is 13.8. The van der Waals surface area contributed by atoms with Gasteiger partial charge in [0.25, 0.3) is 5.91 Å². The molecule has 0 heterocycles. The van der Waals surface area contributed by atoms with E-state index in [0.29, 0.717) is 41.9 Å². The molecule has 6 heteroatoms. The molecule has 0 fully saturated rings. The molecule has 0 bridgehead atoms. The molecule has 1 amide bonds. The first-order valence-corrected chi connectivity index (χ1v) is 9.37. The third-order valence-electron chi connectivity index (χ3n) is 3.77. The molecule has 0 saturated carbocycles. The SMILES string of the molecule is CCOc1ccccc1NC(=O)[C@@H](C)OC(=O)c1ccc(OCC(C)C)cc1. The topological polar surface area (TPSA) is 73.9 Å². The number of benzene rings is 2. The number of anilines is 1. The van der Waals surface area contributed by atoms with Crippen LogP contribution in [-0.4, -0.2) is 31.2 Å². The van der Waals surface area contributed by atoms with Crippen LogP contribution in [0.2, 0.25) is 0 Å². The number of rotatable bonds is 9. The molecule has 2 aromatic carbocycles. The predicted molar refractivity (Wildman–Crippen MR) is 108 cm³/mol. The highest BCUT2D eigenvalue weighted by molar-refractivity contribution is 5.98. The van der Waals surface area contributed by atoms with Gasteiger partial charge in [0.2, 0.25) is 0 Å². The average Bonchev–Trinajstić information content (AvgIpc) is 2.68. The number of nitrogens with one attached hydrogen (secondary N) is 1. The summed E-state index contributed by atoms with van der Waals surface area (Å²) in [6.07, 6.45) is -0.959. The van der Waals surface area contributed by atoms with Crippen LogP contribution in [0.5, 0.6) is 11.5 Å². The molecule has 0 aliphatic carbocycles. The predicted octanol–water partition coefficient (Wildman–Crippen LogP) is 4.30. The lowest BCUT2D eigenvalue weighted by molar-refractivity contribution is -0.123. The third kappa shape index (κ3) is 6.30.